The molecule has 2 atom stereocenters. The average molecular weight is 244 g/mol. The van der Waals surface area contributed by atoms with Crippen LogP contribution in [-0.2, 0) is 4.74 Å². The fraction of sp³-hybridized carbons (Fsp3) is 0.500. The molecule has 1 heterocycles. The van der Waals surface area contributed by atoms with Gasteiger partial charge in [-0.05, 0) is 18.6 Å². The zero-order valence-corrected chi connectivity index (χ0v) is 9.45. The van der Waals surface area contributed by atoms with Crippen molar-refractivity contribution < 1.29 is 23.4 Å². The minimum atomic E-state index is -0.969. The number of ether oxygens (including phenoxy) is 2. The highest BCUT2D eigenvalue weighted by Crippen LogP contribution is 2.36. The van der Waals surface area contributed by atoms with E-state index >= 15 is 0 Å². The second-order valence-electron chi connectivity index (χ2n) is 4.01. The van der Waals surface area contributed by atoms with Crippen LogP contribution in [0.3, 0.4) is 0 Å². The first-order valence-corrected chi connectivity index (χ1v) is 5.45. The molecule has 1 aliphatic rings. The van der Waals surface area contributed by atoms with E-state index < -0.39 is 23.8 Å². The highest BCUT2D eigenvalue weighted by atomic mass is 19.2. The van der Waals surface area contributed by atoms with Crippen molar-refractivity contribution in [3.8, 4) is 5.75 Å². The summed E-state index contributed by atoms with van der Waals surface area (Å²) in [4.78, 5) is 0. The van der Waals surface area contributed by atoms with Gasteiger partial charge in [0.2, 0.25) is 0 Å². The van der Waals surface area contributed by atoms with E-state index in [0.29, 0.717) is 13.0 Å². The van der Waals surface area contributed by atoms with Crippen molar-refractivity contribution in [2.24, 2.45) is 0 Å². The van der Waals surface area contributed by atoms with Crippen LogP contribution in [0.4, 0.5) is 8.78 Å². The molecular formula is C12H14F2O3. The minimum Gasteiger partial charge on any atom is -0.496 e. The lowest BCUT2D eigenvalue weighted by Gasteiger charge is -2.28. The van der Waals surface area contributed by atoms with Gasteiger partial charge in [0.05, 0.1) is 24.9 Å². The normalized spacial score (nSPS) is 24.7. The van der Waals surface area contributed by atoms with Crippen LogP contribution in [0.5, 0.6) is 5.75 Å². The summed E-state index contributed by atoms with van der Waals surface area (Å²) in [7, 11) is 1.38. The summed E-state index contributed by atoms with van der Waals surface area (Å²) >= 11 is 0. The Morgan fingerprint density at radius 3 is 2.82 bits per heavy atom. The van der Waals surface area contributed by atoms with Gasteiger partial charge >= 0.3 is 0 Å². The lowest BCUT2D eigenvalue weighted by Crippen LogP contribution is -2.24. The van der Waals surface area contributed by atoms with Crippen molar-refractivity contribution in [2.45, 2.75) is 25.0 Å². The smallest absolute Gasteiger partial charge is 0.168 e. The van der Waals surface area contributed by atoms with Gasteiger partial charge < -0.3 is 14.6 Å². The molecule has 0 aliphatic carbocycles. The van der Waals surface area contributed by atoms with Gasteiger partial charge in [-0.15, -0.1) is 0 Å². The molecule has 2 unspecified atom stereocenters. The van der Waals surface area contributed by atoms with Crippen LogP contribution in [0.1, 0.15) is 24.5 Å². The summed E-state index contributed by atoms with van der Waals surface area (Å²) in [5, 5.41) is 9.53. The van der Waals surface area contributed by atoms with Gasteiger partial charge in [0.15, 0.2) is 11.6 Å². The van der Waals surface area contributed by atoms with E-state index in [4.69, 9.17) is 9.47 Å². The van der Waals surface area contributed by atoms with Gasteiger partial charge in [0, 0.05) is 13.0 Å². The van der Waals surface area contributed by atoms with Gasteiger partial charge in [0.25, 0.3) is 0 Å². The van der Waals surface area contributed by atoms with Crippen molar-refractivity contribution in [2.75, 3.05) is 13.7 Å². The maximum atomic E-state index is 13.7. The summed E-state index contributed by atoms with van der Waals surface area (Å²) in [6.07, 6.45) is -0.461. The Balaban J connectivity index is 2.38. The second kappa shape index (κ2) is 4.98. The predicted molar refractivity (Wildman–Crippen MR) is 56.8 cm³/mol. The summed E-state index contributed by atoms with van der Waals surface area (Å²) < 4.78 is 37.3. The fourth-order valence-electron chi connectivity index (χ4n) is 2.01. The van der Waals surface area contributed by atoms with E-state index in [1.807, 2.05) is 0 Å². The van der Waals surface area contributed by atoms with Gasteiger partial charge in [-0.25, -0.2) is 8.78 Å². The van der Waals surface area contributed by atoms with Crippen molar-refractivity contribution in [3.63, 3.8) is 0 Å². The van der Waals surface area contributed by atoms with Gasteiger partial charge in [-0.2, -0.15) is 0 Å². The number of benzene rings is 1. The number of methoxy groups -OCH3 is 1. The third-order valence-corrected chi connectivity index (χ3v) is 2.89. The van der Waals surface area contributed by atoms with Gasteiger partial charge in [0.1, 0.15) is 5.75 Å². The molecule has 17 heavy (non-hydrogen) atoms. The molecule has 1 aromatic rings. The molecule has 0 saturated carbocycles. The number of aliphatic hydroxyl groups excluding tert-OH is 1. The minimum absolute atomic E-state index is 0.0475. The molecule has 5 heteroatoms. The number of hydrogen-bond donors (Lipinski definition) is 1. The Hall–Kier alpha value is -1.20. The highest BCUT2D eigenvalue weighted by molar-refractivity contribution is 5.37. The summed E-state index contributed by atoms with van der Waals surface area (Å²) in [6, 6.07) is 2.37. The number of rotatable bonds is 2. The van der Waals surface area contributed by atoms with Crippen LogP contribution in [-0.4, -0.2) is 24.9 Å². The average Bonchev–Trinajstić information content (AvgIpc) is 2.32. The van der Waals surface area contributed by atoms with Crippen LogP contribution < -0.4 is 4.74 Å². The number of aliphatic hydroxyl groups is 1. The van der Waals surface area contributed by atoms with E-state index in [-0.39, 0.29) is 17.7 Å². The maximum Gasteiger partial charge on any atom is 0.168 e. The molecule has 2 rings (SSSR count). The Morgan fingerprint density at radius 1 is 1.41 bits per heavy atom. The van der Waals surface area contributed by atoms with Gasteiger partial charge in [-0.1, -0.05) is 0 Å². The van der Waals surface area contributed by atoms with Crippen LogP contribution in [0.15, 0.2) is 12.1 Å². The first-order chi connectivity index (χ1) is 8.13. The molecular weight excluding hydrogens is 230 g/mol. The van der Waals surface area contributed by atoms with Crippen LogP contribution in [0.25, 0.3) is 0 Å². The molecule has 1 aliphatic heterocycles. The molecule has 0 radical (unpaired) electrons. The summed E-state index contributed by atoms with van der Waals surface area (Å²) in [5.41, 5.74) is 0.0475. The quantitative estimate of drug-likeness (QED) is 0.866. The molecule has 94 valence electrons. The largest absolute Gasteiger partial charge is 0.496 e. The van der Waals surface area contributed by atoms with Crippen molar-refractivity contribution in [1.82, 2.24) is 0 Å². The first-order valence-electron chi connectivity index (χ1n) is 5.45. The topological polar surface area (TPSA) is 38.7 Å². The number of halogens is 2. The number of hydrogen-bond acceptors (Lipinski definition) is 3. The van der Waals surface area contributed by atoms with E-state index in [1.54, 1.807) is 0 Å². The standard InChI is InChI=1S/C12H14F2O3/c1-16-9-3-2-8(13)12(14)11(9)10-6-7(15)4-5-17-10/h2-3,7,10,15H,4-6H2,1H3. The predicted octanol–water partition coefficient (Wildman–Crippen LogP) is 2.19. The molecule has 1 fully saturated rings. The van der Waals surface area contributed by atoms with Crippen LogP contribution >= 0.6 is 0 Å². The molecule has 1 aromatic carbocycles. The lowest BCUT2D eigenvalue weighted by molar-refractivity contribution is -0.0472. The zero-order chi connectivity index (χ0) is 12.4. The third-order valence-electron chi connectivity index (χ3n) is 2.89. The monoisotopic (exact) mass is 244 g/mol. The van der Waals surface area contributed by atoms with Crippen LogP contribution in [0.2, 0.25) is 0 Å². The molecule has 1 N–H and O–H groups in total. The molecule has 0 aromatic heterocycles. The van der Waals surface area contributed by atoms with E-state index in [0.717, 1.165) is 6.07 Å². The summed E-state index contributed by atoms with van der Waals surface area (Å²) in [5.74, 6) is -1.67. The molecule has 3 nitrogen and oxygen atoms in total. The molecule has 0 bridgehead atoms. The van der Waals surface area contributed by atoms with E-state index in [9.17, 15) is 13.9 Å². The van der Waals surface area contributed by atoms with E-state index in [2.05, 4.69) is 0 Å². The molecule has 1 saturated heterocycles. The maximum absolute atomic E-state index is 13.7. The summed E-state index contributed by atoms with van der Waals surface area (Å²) in [6.45, 7) is 0.324. The van der Waals surface area contributed by atoms with E-state index in [1.165, 1.54) is 13.2 Å². The third kappa shape index (κ3) is 2.40. The van der Waals surface area contributed by atoms with Crippen molar-refractivity contribution in [1.29, 1.82) is 0 Å². The van der Waals surface area contributed by atoms with Crippen LogP contribution in [0, 0.1) is 11.6 Å². The SMILES string of the molecule is COc1ccc(F)c(F)c1C1CC(O)CCO1. The lowest BCUT2D eigenvalue weighted by atomic mass is 9.98. The van der Waals surface area contributed by atoms with Crippen molar-refractivity contribution >= 4 is 0 Å². The first kappa shape index (κ1) is 12.3. The second-order valence-corrected chi connectivity index (χ2v) is 4.01. The molecule has 0 amide bonds. The molecule has 0 spiro atoms. The van der Waals surface area contributed by atoms with Crippen molar-refractivity contribution in [3.05, 3.63) is 29.3 Å². The zero-order valence-electron chi connectivity index (χ0n) is 9.45. The Morgan fingerprint density at radius 2 is 2.18 bits per heavy atom. The van der Waals surface area contributed by atoms with Gasteiger partial charge in [-0.3, -0.25) is 0 Å². The fourth-order valence-corrected chi connectivity index (χ4v) is 2.01. The Bertz CT molecular complexity index is 409. The Labute approximate surface area is 98.0 Å². The Kier molecular flexibility index (Phi) is 3.59. The highest BCUT2D eigenvalue weighted by Gasteiger charge is 2.29.